The quantitative estimate of drug-likeness (QED) is 0.713. The minimum Gasteiger partial charge on any atom is -0.481 e. The van der Waals surface area contributed by atoms with Crippen molar-refractivity contribution in [1.82, 2.24) is 10.2 Å². The van der Waals surface area contributed by atoms with Crippen LogP contribution in [0.4, 0.5) is 0 Å². The van der Waals surface area contributed by atoms with Crippen molar-refractivity contribution < 1.29 is 14.7 Å². The molecule has 0 aromatic heterocycles. The van der Waals surface area contributed by atoms with Gasteiger partial charge in [-0.15, -0.1) is 0 Å². The van der Waals surface area contributed by atoms with Crippen molar-refractivity contribution in [1.29, 1.82) is 0 Å². The van der Waals surface area contributed by atoms with Gasteiger partial charge in [-0.1, -0.05) is 0 Å². The van der Waals surface area contributed by atoms with Crippen LogP contribution in [-0.4, -0.2) is 47.1 Å². The minimum absolute atomic E-state index is 0.0984. The summed E-state index contributed by atoms with van der Waals surface area (Å²) < 4.78 is 0. The molecule has 5 heteroatoms. The van der Waals surface area contributed by atoms with E-state index in [4.69, 9.17) is 5.11 Å². The Bertz CT molecular complexity index is 358. The standard InChI is InChI=1S/C12H18N2O3/c15-11(9-5-8-1-2-10(9)13-8)14-4-3-7(6-14)12(16)17/h7-10,13H,1-6H2,(H,16,17). The lowest BCUT2D eigenvalue weighted by Gasteiger charge is -2.25. The Morgan fingerprint density at radius 3 is 2.59 bits per heavy atom. The third-order valence-corrected chi connectivity index (χ3v) is 4.47. The molecule has 3 saturated heterocycles. The van der Waals surface area contributed by atoms with E-state index in [0.717, 1.165) is 12.8 Å². The number of hydrogen-bond donors (Lipinski definition) is 2. The molecule has 5 nitrogen and oxygen atoms in total. The number of nitrogens with zero attached hydrogens (tertiary/aromatic N) is 1. The highest BCUT2D eigenvalue weighted by Gasteiger charge is 2.45. The molecule has 2 bridgehead atoms. The number of carboxylic acid groups (broad SMARTS) is 1. The van der Waals surface area contributed by atoms with Crippen LogP contribution in [0.25, 0.3) is 0 Å². The predicted octanol–water partition coefficient (Wildman–Crippen LogP) is 0.0600. The van der Waals surface area contributed by atoms with Crippen molar-refractivity contribution in [2.75, 3.05) is 13.1 Å². The normalized spacial score (nSPS) is 39.9. The number of carbonyl (C=O) groups excluding carboxylic acids is 1. The number of hydrogen-bond acceptors (Lipinski definition) is 3. The highest BCUT2D eigenvalue weighted by molar-refractivity contribution is 5.82. The Kier molecular flexibility index (Phi) is 2.58. The van der Waals surface area contributed by atoms with Gasteiger partial charge in [-0.3, -0.25) is 9.59 Å². The van der Waals surface area contributed by atoms with E-state index in [1.54, 1.807) is 4.90 Å². The molecule has 0 aromatic carbocycles. The number of fused-ring (bicyclic) bond motifs is 2. The van der Waals surface area contributed by atoms with E-state index in [0.29, 0.717) is 31.6 Å². The van der Waals surface area contributed by atoms with E-state index < -0.39 is 5.97 Å². The lowest BCUT2D eigenvalue weighted by atomic mass is 9.88. The third kappa shape index (κ3) is 1.82. The molecule has 3 heterocycles. The van der Waals surface area contributed by atoms with Gasteiger partial charge in [0, 0.05) is 25.2 Å². The van der Waals surface area contributed by atoms with Gasteiger partial charge in [0.05, 0.1) is 11.8 Å². The monoisotopic (exact) mass is 238 g/mol. The van der Waals surface area contributed by atoms with Crippen LogP contribution in [0.3, 0.4) is 0 Å². The van der Waals surface area contributed by atoms with Gasteiger partial charge in [0.1, 0.15) is 0 Å². The van der Waals surface area contributed by atoms with Gasteiger partial charge >= 0.3 is 5.97 Å². The fourth-order valence-corrected chi connectivity index (χ4v) is 3.49. The number of aliphatic carboxylic acids is 1. The maximum atomic E-state index is 12.3. The molecule has 0 spiro atoms. The summed E-state index contributed by atoms with van der Waals surface area (Å²) in [5.41, 5.74) is 0. The summed E-state index contributed by atoms with van der Waals surface area (Å²) in [6, 6.07) is 0.864. The van der Waals surface area contributed by atoms with Crippen LogP contribution >= 0.6 is 0 Å². The lowest BCUT2D eigenvalue weighted by molar-refractivity contribution is -0.141. The fourth-order valence-electron chi connectivity index (χ4n) is 3.49. The van der Waals surface area contributed by atoms with E-state index in [2.05, 4.69) is 5.32 Å². The topological polar surface area (TPSA) is 69.6 Å². The summed E-state index contributed by atoms with van der Waals surface area (Å²) >= 11 is 0. The average Bonchev–Trinajstić information content (AvgIpc) is 3.03. The largest absolute Gasteiger partial charge is 0.481 e. The van der Waals surface area contributed by atoms with Crippen molar-refractivity contribution in [2.45, 2.75) is 37.8 Å². The maximum Gasteiger partial charge on any atom is 0.308 e. The van der Waals surface area contributed by atoms with Crippen LogP contribution in [-0.2, 0) is 9.59 Å². The number of carboxylic acids is 1. The van der Waals surface area contributed by atoms with Crippen LogP contribution < -0.4 is 5.32 Å². The number of rotatable bonds is 2. The Labute approximate surface area is 100 Å². The van der Waals surface area contributed by atoms with Crippen LogP contribution in [0.5, 0.6) is 0 Å². The van der Waals surface area contributed by atoms with Gasteiger partial charge in [-0.25, -0.2) is 0 Å². The summed E-state index contributed by atoms with van der Waals surface area (Å²) in [7, 11) is 0. The van der Waals surface area contributed by atoms with E-state index in [9.17, 15) is 9.59 Å². The Morgan fingerprint density at radius 1 is 1.24 bits per heavy atom. The van der Waals surface area contributed by atoms with Crippen LogP contribution in [0, 0.1) is 11.8 Å². The van der Waals surface area contributed by atoms with Crippen molar-refractivity contribution in [3.63, 3.8) is 0 Å². The second-order valence-electron chi connectivity index (χ2n) is 5.50. The number of amides is 1. The van der Waals surface area contributed by atoms with Crippen molar-refractivity contribution in [3.8, 4) is 0 Å². The zero-order valence-electron chi connectivity index (χ0n) is 9.76. The number of likely N-dealkylation sites (tertiary alicyclic amines) is 1. The minimum atomic E-state index is -0.772. The molecule has 3 fully saturated rings. The first-order valence-electron chi connectivity index (χ1n) is 6.43. The van der Waals surface area contributed by atoms with E-state index >= 15 is 0 Å². The van der Waals surface area contributed by atoms with Gasteiger partial charge in [-0.05, 0) is 25.7 Å². The predicted molar refractivity (Wildman–Crippen MR) is 60.4 cm³/mol. The Balaban J connectivity index is 1.62. The summed E-state index contributed by atoms with van der Waals surface area (Å²) in [5.74, 6) is -0.855. The zero-order chi connectivity index (χ0) is 12.0. The molecular formula is C12H18N2O3. The maximum absolute atomic E-state index is 12.3. The van der Waals surface area contributed by atoms with Gasteiger partial charge in [0.2, 0.25) is 5.91 Å². The lowest BCUT2D eigenvalue weighted by Crippen LogP contribution is -2.40. The summed E-state index contributed by atoms with van der Waals surface area (Å²) in [6.45, 7) is 1.02. The molecule has 3 aliphatic rings. The van der Waals surface area contributed by atoms with Crippen molar-refractivity contribution in [3.05, 3.63) is 0 Å². The second-order valence-corrected chi connectivity index (χ2v) is 5.50. The first-order chi connectivity index (χ1) is 8.15. The molecule has 0 radical (unpaired) electrons. The van der Waals surface area contributed by atoms with Crippen LogP contribution in [0.1, 0.15) is 25.7 Å². The van der Waals surface area contributed by atoms with Crippen molar-refractivity contribution >= 4 is 11.9 Å². The molecule has 17 heavy (non-hydrogen) atoms. The van der Waals surface area contributed by atoms with Gasteiger partial charge in [-0.2, -0.15) is 0 Å². The van der Waals surface area contributed by atoms with Gasteiger partial charge in [0.25, 0.3) is 0 Å². The van der Waals surface area contributed by atoms with E-state index in [1.165, 1.54) is 6.42 Å². The summed E-state index contributed by atoms with van der Waals surface area (Å²) in [6.07, 6.45) is 3.83. The highest BCUT2D eigenvalue weighted by Crippen LogP contribution is 2.35. The van der Waals surface area contributed by atoms with E-state index in [-0.39, 0.29) is 17.7 Å². The summed E-state index contributed by atoms with van der Waals surface area (Å²) in [4.78, 5) is 24.9. The number of nitrogens with one attached hydrogen (secondary N) is 1. The molecule has 4 unspecified atom stereocenters. The van der Waals surface area contributed by atoms with Gasteiger partial charge < -0.3 is 15.3 Å². The zero-order valence-corrected chi connectivity index (χ0v) is 9.76. The van der Waals surface area contributed by atoms with Crippen LogP contribution in [0.15, 0.2) is 0 Å². The Morgan fingerprint density at radius 2 is 2.06 bits per heavy atom. The number of carbonyl (C=O) groups is 2. The second kappa shape index (κ2) is 3.98. The molecular weight excluding hydrogens is 220 g/mol. The molecule has 0 aromatic rings. The first-order valence-corrected chi connectivity index (χ1v) is 6.43. The van der Waals surface area contributed by atoms with Crippen LogP contribution in [0.2, 0.25) is 0 Å². The first kappa shape index (κ1) is 11.0. The molecule has 3 rings (SSSR count). The average molecular weight is 238 g/mol. The SMILES string of the molecule is O=C(O)C1CCN(C(=O)C2CC3CCC2N3)C1. The smallest absolute Gasteiger partial charge is 0.308 e. The summed E-state index contributed by atoms with van der Waals surface area (Å²) in [5, 5.41) is 12.4. The van der Waals surface area contributed by atoms with E-state index in [1.807, 2.05) is 0 Å². The molecule has 94 valence electrons. The highest BCUT2D eigenvalue weighted by atomic mass is 16.4. The molecule has 1 amide bonds. The van der Waals surface area contributed by atoms with Gasteiger partial charge in [0.15, 0.2) is 0 Å². The molecule has 2 N–H and O–H groups in total. The molecule has 0 saturated carbocycles. The van der Waals surface area contributed by atoms with Crippen molar-refractivity contribution in [2.24, 2.45) is 11.8 Å². The molecule has 3 aliphatic heterocycles. The Hall–Kier alpha value is -1.10. The fraction of sp³-hybridized carbons (Fsp3) is 0.833. The molecule has 0 aliphatic carbocycles. The third-order valence-electron chi connectivity index (χ3n) is 4.47. The molecule has 4 atom stereocenters.